The van der Waals surface area contributed by atoms with Crippen molar-refractivity contribution in [3.05, 3.63) is 29.6 Å². The molecule has 1 amide bonds. The summed E-state index contributed by atoms with van der Waals surface area (Å²) in [4.78, 5) is 13.4. The maximum absolute atomic E-state index is 13.8. The second-order valence-electron chi connectivity index (χ2n) is 5.10. The molecule has 0 heterocycles. The lowest BCUT2D eigenvalue weighted by atomic mass is 10.0. The summed E-state index contributed by atoms with van der Waals surface area (Å²) in [5, 5.41) is 0. The van der Waals surface area contributed by atoms with Gasteiger partial charge in [-0.25, -0.2) is 4.39 Å². The second kappa shape index (κ2) is 5.57. The van der Waals surface area contributed by atoms with E-state index in [2.05, 4.69) is 0 Å². The van der Waals surface area contributed by atoms with Crippen LogP contribution in [-0.4, -0.2) is 25.5 Å². The maximum atomic E-state index is 13.8. The Hall–Kier alpha value is -1.62. The molecular formula is C14H20FN3O. The van der Waals surface area contributed by atoms with Crippen molar-refractivity contribution in [1.82, 2.24) is 0 Å². The van der Waals surface area contributed by atoms with Crippen LogP contribution in [0.3, 0.4) is 0 Å². The average Bonchev–Trinajstić information content (AvgIpc) is 2.85. The molecule has 4 N–H and O–H groups in total. The normalized spacial score (nSPS) is 22.5. The number of benzene rings is 1. The first-order valence-electron chi connectivity index (χ1n) is 6.57. The number of hydrogen-bond acceptors (Lipinski definition) is 3. The number of amides is 1. The smallest absolute Gasteiger partial charge is 0.253 e. The van der Waals surface area contributed by atoms with Gasteiger partial charge in [-0.1, -0.05) is 12.5 Å². The van der Waals surface area contributed by atoms with Gasteiger partial charge in [-0.3, -0.25) is 4.79 Å². The van der Waals surface area contributed by atoms with Gasteiger partial charge in [0.2, 0.25) is 0 Å². The molecule has 1 aromatic carbocycles. The van der Waals surface area contributed by atoms with Crippen molar-refractivity contribution in [2.45, 2.75) is 25.3 Å². The van der Waals surface area contributed by atoms with Crippen LogP contribution in [0.4, 0.5) is 10.1 Å². The fourth-order valence-corrected chi connectivity index (χ4v) is 3.03. The molecule has 1 saturated carbocycles. The Balaban J connectivity index is 2.36. The number of carbonyl (C=O) groups is 1. The second-order valence-corrected chi connectivity index (χ2v) is 5.10. The predicted octanol–water partition coefficient (Wildman–Crippen LogP) is 1.49. The van der Waals surface area contributed by atoms with Crippen molar-refractivity contribution < 1.29 is 9.18 Å². The Labute approximate surface area is 112 Å². The van der Waals surface area contributed by atoms with Crippen LogP contribution in [0.15, 0.2) is 18.2 Å². The standard InChI is InChI=1S/C14H20FN3O/c1-18(11-6-2-4-9(11)8-16)12-7-3-5-10(15)13(12)14(17)19/h3,5,7,9,11H,2,4,6,8,16H2,1H3,(H2,17,19). The number of anilines is 1. The molecule has 0 aliphatic heterocycles. The molecule has 19 heavy (non-hydrogen) atoms. The number of nitrogens with two attached hydrogens (primary N) is 2. The molecule has 0 radical (unpaired) electrons. The van der Waals surface area contributed by atoms with Crippen LogP contribution in [0.5, 0.6) is 0 Å². The van der Waals surface area contributed by atoms with Crippen LogP contribution >= 0.6 is 0 Å². The van der Waals surface area contributed by atoms with E-state index in [0.29, 0.717) is 18.2 Å². The van der Waals surface area contributed by atoms with Crippen LogP contribution < -0.4 is 16.4 Å². The third kappa shape index (κ3) is 2.56. The molecule has 104 valence electrons. The van der Waals surface area contributed by atoms with Gasteiger partial charge in [-0.05, 0) is 37.4 Å². The average molecular weight is 265 g/mol. The zero-order chi connectivity index (χ0) is 14.0. The third-order valence-electron chi connectivity index (χ3n) is 4.04. The van der Waals surface area contributed by atoms with Crippen molar-refractivity contribution in [2.75, 3.05) is 18.5 Å². The van der Waals surface area contributed by atoms with Crippen molar-refractivity contribution in [2.24, 2.45) is 17.4 Å². The third-order valence-corrected chi connectivity index (χ3v) is 4.04. The molecule has 0 saturated heterocycles. The van der Waals surface area contributed by atoms with Gasteiger partial charge in [0.05, 0.1) is 11.3 Å². The molecular weight excluding hydrogens is 245 g/mol. The van der Waals surface area contributed by atoms with Gasteiger partial charge in [0, 0.05) is 13.1 Å². The van der Waals surface area contributed by atoms with E-state index in [1.807, 2.05) is 11.9 Å². The van der Waals surface area contributed by atoms with Gasteiger partial charge in [-0.2, -0.15) is 0 Å². The minimum atomic E-state index is -0.734. The van der Waals surface area contributed by atoms with Crippen LogP contribution in [0.2, 0.25) is 0 Å². The Bertz CT molecular complexity index is 478. The Morgan fingerprint density at radius 1 is 1.47 bits per heavy atom. The van der Waals surface area contributed by atoms with Gasteiger partial charge in [-0.15, -0.1) is 0 Å². The van der Waals surface area contributed by atoms with Crippen LogP contribution in [0.1, 0.15) is 29.6 Å². The van der Waals surface area contributed by atoms with Crippen molar-refractivity contribution in [3.8, 4) is 0 Å². The maximum Gasteiger partial charge on any atom is 0.253 e. The first kappa shape index (κ1) is 13.8. The molecule has 0 aromatic heterocycles. The summed E-state index contributed by atoms with van der Waals surface area (Å²) in [7, 11) is 1.87. The highest BCUT2D eigenvalue weighted by Gasteiger charge is 2.31. The zero-order valence-corrected chi connectivity index (χ0v) is 11.1. The summed E-state index contributed by atoms with van der Waals surface area (Å²) in [5.41, 5.74) is 11.6. The predicted molar refractivity (Wildman–Crippen MR) is 73.5 cm³/mol. The lowest BCUT2D eigenvalue weighted by Crippen LogP contribution is -2.39. The molecule has 1 aromatic rings. The summed E-state index contributed by atoms with van der Waals surface area (Å²) < 4.78 is 13.8. The zero-order valence-electron chi connectivity index (χ0n) is 11.1. The monoisotopic (exact) mass is 265 g/mol. The SMILES string of the molecule is CN(c1cccc(F)c1C(N)=O)C1CCCC1CN. The minimum absolute atomic E-state index is 0.0346. The van der Waals surface area contributed by atoms with Gasteiger partial charge in [0.25, 0.3) is 5.91 Å². The minimum Gasteiger partial charge on any atom is -0.371 e. The quantitative estimate of drug-likeness (QED) is 0.866. The number of rotatable bonds is 4. The van der Waals surface area contributed by atoms with E-state index in [9.17, 15) is 9.18 Å². The lowest BCUT2D eigenvalue weighted by Gasteiger charge is -2.32. The summed E-state index contributed by atoms with van der Waals surface area (Å²) in [6.45, 7) is 0.607. The molecule has 4 nitrogen and oxygen atoms in total. The Morgan fingerprint density at radius 2 is 2.21 bits per heavy atom. The summed E-state index contributed by atoms with van der Waals surface area (Å²) in [5.74, 6) is -0.921. The Morgan fingerprint density at radius 3 is 2.84 bits per heavy atom. The fourth-order valence-electron chi connectivity index (χ4n) is 3.03. The van der Waals surface area contributed by atoms with Gasteiger partial charge in [0.1, 0.15) is 5.82 Å². The van der Waals surface area contributed by atoms with Crippen LogP contribution in [0, 0.1) is 11.7 Å². The molecule has 2 unspecified atom stereocenters. The molecule has 0 bridgehead atoms. The van der Waals surface area contributed by atoms with Crippen LogP contribution in [0.25, 0.3) is 0 Å². The number of halogens is 1. The van der Waals surface area contributed by atoms with E-state index in [-0.39, 0.29) is 11.6 Å². The Kier molecular flexibility index (Phi) is 4.04. The van der Waals surface area contributed by atoms with Crippen molar-refractivity contribution in [1.29, 1.82) is 0 Å². The van der Waals surface area contributed by atoms with Crippen molar-refractivity contribution in [3.63, 3.8) is 0 Å². The first-order valence-corrected chi connectivity index (χ1v) is 6.57. The van der Waals surface area contributed by atoms with Crippen molar-refractivity contribution >= 4 is 11.6 Å². The van der Waals surface area contributed by atoms with E-state index < -0.39 is 11.7 Å². The molecule has 2 rings (SSSR count). The fraction of sp³-hybridized carbons (Fsp3) is 0.500. The number of primary amides is 1. The molecule has 1 aliphatic carbocycles. The number of nitrogens with zero attached hydrogens (tertiary/aromatic N) is 1. The highest BCUT2D eigenvalue weighted by Crippen LogP contribution is 2.33. The van der Waals surface area contributed by atoms with Gasteiger partial charge >= 0.3 is 0 Å². The highest BCUT2D eigenvalue weighted by molar-refractivity contribution is 5.99. The first-order chi connectivity index (χ1) is 9.06. The van der Waals surface area contributed by atoms with Crippen LogP contribution in [-0.2, 0) is 0 Å². The van der Waals surface area contributed by atoms with Gasteiger partial charge in [0.15, 0.2) is 0 Å². The number of hydrogen-bond donors (Lipinski definition) is 2. The van der Waals surface area contributed by atoms with E-state index >= 15 is 0 Å². The number of carbonyl (C=O) groups excluding carboxylic acids is 1. The van der Waals surface area contributed by atoms with E-state index in [1.165, 1.54) is 6.07 Å². The summed E-state index contributed by atoms with van der Waals surface area (Å²) in [6.07, 6.45) is 3.19. The van der Waals surface area contributed by atoms with Gasteiger partial charge < -0.3 is 16.4 Å². The summed E-state index contributed by atoms with van der Waals surface area (Å²) >= 11 is 0. The molecule has 2 atom stereocenters. The highest BCUT2D eigenvalue weighted by atomic mass is 19.1. The molecule has 0 spiro atoms. The van der Waals surface area contributed by atoms with E-state index in [1.54, 1.807) is 12.1 Å². The summed E-state index contributed by atoms with van der Waals surface area (Å²) in [6, 6.07) is 4.83. The molecule has 1 fully saturated rings. The van der Waals surface area contributed by atoms with E-state index in [4.69, 9.17) is 11.5 Å². The van der Waals surface area contributed by atoms with E-state index in [0.717, 1.165) is 19.3 Å². The lowest BCUT2D eigenvalue weighted by molar-refractivity contribution is 0.0997. The topological polar surface area (TPSA) is 72.3 Å². The molecule has 5 heteroatoms. The largest absolute Gasteiger partial charge is 0.371 e. The molecule has 1 aliphatic rings.